The van der Waals surface area contributed by atoms with Gasteiger partial charge in [0.25, 0.3) is 0 Å². The number of nitrogens with zero attached hydrogens (tertiary/aromatic N) is 4. The van der Waals surface area contributed by atoms with Gasteiger partial charge in [-0.1, -0.05) is 54.2 Å². The molecule has 2 aromatic heterocycles. The molecule has 1 aliphatic heterocycles. The van der Waals surface area contributed by atoms with E-state index in [1.807, 2.05) is 75.5 Å². The van der Waals surface area contributed by atoms with Crippen LogP contribution in [-0.4, -0.2) is 33.0 Å². The molecule has 0 atom stereocenters. The van der Waals surface area contributed by atoms with Crippen molar-refractivity contribution in [1.29, 1.82) is 0 Å². The minimum absolute atomic E-state index is 0.0974. The van der Waals surface area contributed by atoms with Gasteiger partial charge < -0.3 is 4.90 Å². The van der Waals surface area contributed by atoms with Gasteiger partial charge in [-0.25, -0.2) is 0 Å². The number of carbonyl (C=O) groups excluding carboxylic acids is 1. The van der Waals surface area contributed by atoms with Crippen molar-refractivity contribution in [2.75, 3.05) is 17.2 Å². The summed E-state index contributed by atoms with van der Waals surface area (Å²) in [6.07, 6.45) is 0.912. The van der Waals surface area contributed by atoms with Crippen molar-refractivity contribution in [2.45, 2.75) is 11.6 Å². The molecule has 0 saturated heterocycles. The Hall–Kier alpha value is -2.90. The molecule has 29 heavy (non-hydrogen) atoms. The number of thiophene rings is 1. The van der Waals surface area contributed by atoms with E-state index in [2.05, 4.69) is 16.3 Å². The maximum absolute atomic E-state index is 12.9. The predicted molar refractivity (Wildman–Crippen MR) is 118 cm³/mol. The summed E-state index contributed by atoms with van der Waals surface area (Å²) in [4.78, 5) is 15.8. The lowest BCUT2D eigenvalue weighted by Gasteiger charge is -2.17. The number of carbonyl (C=O) groups is 1. The largest absolute Gasteiger partial charge is 0.311 e. The molecule has 0 saturated carbocycles. The fraction of sp³-hybridized carbons (Fsp3) is 0.136. The monoisotopic (exact) mass is 418 g/mol. The SMILES string of the molecule is O=C(CSc1nnc(-c2cccs2)n1-c1ccccc1)N1CCc2ccccc21. The van der Waals surface area contributed by atoms with Gasteiger partial charge in [-0.3, -0.25) is 9.36 Å². The van der Waals surface area contributed by atoms with Crippen molar-refractivity contribution in [3.05, 3.63) is 77.7 Å². The molecule has 3 heterocycles. The van der Waals surface area contributed by atoms with Crippen molar-refractivity contribution in [1.82, 2.24) is 14.8 Å². The maximum Gasteiger partial charge on any atom is 0.237 e. The van der Waals surface area contributed by atoms with Crippen LogP contribution in [-0.2, 0) is 11.2 Å². The second-order valence-electron chi connectivity index (χ2n) is 6.67. The molecule has 2 aromatic carbocycles. The number of amides is 1. The van der Waals surface area contributed by atoms with Crippen molar-refractivity contribution in [2.24, 2.45) is 0 Å². The average Bonchev–Trinajstić information content (AvgIpc) is 3.51. The number of anilines is 1. The molecule has 0 N–H and O–H groups in total. The fourth-order valence-electron chi connectivity index (χ4n) is 3.54. The number of para-hydroxylation sites is 2. The molecule has 0 fully saturated rings. The summed E-state index contributed by atoms with van der Waals surface area (Å²) in [6.45, 7) is 0.741. The van der Waals surface area contributed by atoms with E-state index in [9.17, 15) is 4.79 Å². The van der Waals surface area contributed by atoms with Crippen LogP contribution in [0.15, 0.2) is 77.3 Å². The zero-order valence-electron chi connectivity index (χ0n) is 15.6. The van der Waals surface area contributed by atoms with E-state index in [4.69, 9.17) is 0 Å². The Bertz CT molecular complexity index is 1140. The first kappa shape index (κ1) is 18.1. The summed E-state index contributed by atoms with van der Waals surface area (Å²) in [6, 6.07) is 22.2. The standard InChI is InChI=1S/C22H18N4OS2/c27-20(25-13-12-16-7-4-5-10-18(16)25)15-29-22-24-23-21(19-11-6-14-28-19)26(22)17-8-2-1-3-9-17/h1-11,14H,12-13,15H2. The van der Waals surface area contributed by atoms with E-state index in [0.29, 0.717) is 5.75 Å². The first-order chi connectivity index (χ1) is 14.3. The molecule has 7 heteroatoms. The molecule has 0 spiro atoms. The molecule has 0 aliphatic carbocycles. The first-order valence-corrected chi connectivity index (χ1v) is 11.2. The van der Waals surface area contributed by atoms with Gasteiger partial charge in [0.1, 0.15) is 0 Å². The maximum atomic E-state index is 12.9. The van der Waals surface area contributed by atoms with E-state index < -0.39 is 0 Å². The average molecular weight is 419 g/mol. The zero-order chi connectivity index (χ0) is 19.6. The summed E-state index contributed by atoms with van der Waals surface area (Å²) in [7, 11) is 0. The molecule has 1 aliphatic rings. The molecular formula is C22H18N4OS2. The summed E-state index contributed by atoms with van der Waals surface area (Å²) in [5.74, 6) is 1.22. The van der Waals surface area contributed by atoms with Gasteiger partial charge in [0.2, 0.25) is 5.91 Å². The minimum Gasteiger partial charge on any atom is -0.311 e. The predicted octanol–water partition coefficient (Wildman–Crippen LogP) is 4.68. The normalized spacial score (nSPS) is 12.9. The van der Waals surface area contributed by atoms with E-state index >= 15 is 0 Å². The molecule has 0 unspecified atom stereocenters. The topological polar surface area (TPSA) is 51.0 Å². The third-order valence-corrected chi connectivity index (χ3v) is 6.68. The summed E-state index contributed by atoms with van der Waals surface area (Å²) in [5.41, 5.74) is 3.25. The van der Waals surface area contributed by atoms with E-state index in [-0.39, 0.29) is 5.91 Å². The molecule has 0 radical (unpaired) electrons. The summed E-state index contributed by atoms with van der Waals surface area (Å²) in [5, 5.41) is 11.6. The van der Waals surface area contributed by atoms with Gasteiger partial charge in [0.05, 0.1) is 10.6 Å². The van der Waals surface area contributed by atoms with Gasteiger partial charge in [0.15, 0.2) is 11.0 Å². The van der Waals surface area contributed by atoms with Crippen molar-refractivity contribution >= 4 is 34.7 Å². The number of rotatable bonds is 5. The Kier molecular flexibility index (Phi) is 4.91. The smallest absolute Gasteiger partial charge is 0.237 e. The second kappa shape index (κ2) is 7.85. The van der Waals surface area contributed by atoms with Gasteiger partial charge in [-0.05, 0) is 41.6 Å². The number of hydrogen-bond acceptors (Lipinski definition) is 5. The van der Waals surface area contributed by atoms with Gasteiger partial charge in [-0.15, -0.1) is 21.5 Å². The Morgan fingerprint density at radius 1 is 1.00 bits per heavy atom. The number of benzene rings is 2. The lowest BCUT2D eigenvalue weighted by Crippen LogP contribution is -2.30. The van der Waals surface area contributed by atoms with Crippen LogP contribution in [0.25, 0.3) is 16.4 Å². The minimum atomic E-state index is 0.0974. The highest BCUT2D eigenvalue weighted by Crippen LogP contribution is 2.32. The molecular weight excluding hydrogens is 400 g/mol. The fourth-order valence-corrected chi connectivity index (χ4v) is 5.07. The third-order valence-electron chi connectivity index (χ3n) is 4.90. The first-order valence-electron chi connectivity index (χ1n) is 9.37. The van der Waals surface area contributed by atoms with E-state index in [0.717, 1.165) is 40.2 Å². The lowest BCUT2D eigenvalue weighted by molar-refractivity contribution is -0.116. The molecule has 1 amide bonds. The van der Waals surface area contributed by atoms with Crippen LogP contribution in [0.4, 0.5) is 5.69 Å². The van der Waals surface area contributed by atoms with Gasteiger partial charge in [0, 0.05) is 17.9 Å². The summed E-state index contributed by atoms with van der Waals surface area (Å²) >= 11 is 3.06. The Morgan fingerprint density at radius 3 is 2.66 bits per heavy atom. The van der Waals surface area contributed by atoms with Crippen molar-refractivity contribution in [3.63, 3.8) is 0 Å². The van der Waals surface area contributed by atoms with Crippen molar-refractivity contribution < 1.29 is 4.79 Å². The lowest BCUT2D eigenvalue weighted by atomic mass is 10.2. The van der Waals surface area contributed by atoms with Crippen LogP contribution >= 0.6 is 23.1 Å². The molecule has 4 aromatic rings. The number of aromatic nitrogens is 3. The van der Waals surface area contributed by atoms with E-state index in [1.165, 1.54) is 17.3 Å². The summed E-state index contributed by atoms with van der Waals surface area (Å²) < 4.78 is 2.03. The van der Waals surface area contributed by atoms with Crippen LogP contribution in [0.5, 0.6) is 0 Å². The number of thioether (sulfide) groups is 1. The van der Waals surface area contributed by atoms with Crippen LogP contribution in [0.3, 0.4) is 0 Å². The highest BCUT2D eigenvalue weighted by atomic mass is 32.2. The van der Waals surface area contributed by atoms with Crippen LogP contribution in [0.2, 0.25) is 0 Å². The molecule has 0 bridgehead atoms. The molecule has 144 valence electrons. The molecule has 5 nitrogen and oxygen atoms in total. The number of fused-ring (bicyclic) bond motifs is 1. The Balaban J connectivity index is 1.41. The number of hydrogen-bond donors (Lipinski definition) is 0. The second-order valence-corrected chi connectivity index (χ2v) is 8.56. The van der Waals surface area contributed by atoms with Gasteiger partial charge >= 0.3 is 0 Å². The van der Waals surface area contributed by atoms with Gasteiger partial charge in [-0.2, -0.15) is 0 Å². The zero-order valence-corrected chi connectivity index (χ0v) is 17.2. The van der Waals surface area contributed by atoms with Crippen molar-refractivity contribution in [3.8, 4) is 16.4 Å². The van der Waals surface area contributed by atoms with Crippen LogP contribution in [0.1, 0.15) is 5.56 Å². The highest BCUT2D eigenvalue weighted by molar-refractivity contribution is 7.99. The Morgan fingerprint density at radius 2 is 1.83 bits per heavy atom. The van der Waals surface area contributed by atoms with E-state index in [1.54, 1.807) is 11.3 Å². The third kappa shape index (κ3) is 3.47. The quantitative estimate of drug-likeness (QED) is 0.442. The van der Waals surface area contributed by atoms with Crippen LogP contribution < -0.4 is 4.90 Å². The molecule has 5 rings (SSSR count). The van der Waals surface area contributed by atoms with Crippen LogP contribution in [0, 0.1) is 0 Å². The highest BCUT2D eigenvalue weighted by Gasteiger charge is 2.25. The Labute approximate surface area is 177 Å².